The van der Waals surface area contributed by atoms with E-state index in [-0.39, 0.29) is 6.42 Å². The highest BCUT2D eigenvalue weighted by Crippen LogP contribution is 2.29. The van der Waals surface area contributed by atoms with Gasteiger partial charge in [0.25, 0.3) is 0 Å². The Morgan fingerprint density at radius 1 is 1.29 bits per heavy atom. The van der Waals surface area contributed by atoms with Crippen LogP contribution in [-0.2, 0) is 6.42 Å². The van der Waals surface area contributed by atoms with Crippen LogP contribution in [0.2, 0.25) is 0 Å². The average molecular weight is 414 g/mol. The predicted molar refractivity (Wildman–Crippen MR) is 89.1 cm³/mol. The van der Waals surface area contributed by atoms with Gasteiger partial charge in [0.05, 0.1) is 21.9 Å². The summed E-state index contributed by atoms with van der Waals surface area (Å²) in [5.41, 5.74) is 2.84. The summed E-state index contributed by atoms with van der Waals surface area (Å²) in [4.78, 5) is 19.6. The van der Waals surface area contributed by atoms with E-state index in [1.807, 2.05) is 0 Å². The molecule has 0 spiro atoms. The van der Waals surface area contributed by atoms with Crippen LogP contribution in [0.3, 0.4) is 0 Å². The third-order valence-corrected chi connectivity index (χ3v) is 4.69. The van der Waals surface area contributed by atoms with Gasteiger partial charge in [-0.1, -0.05) is 0 Å². The number of carbonyl (C=O) groups is 1. The molecule has 0 bridgehead atoms. The van der Waals surface area contributed by atoms with Gasteiger partial charge in [-0.25, -0.2) is 23.5 Å². The van der Waals surface area contributed by atoms with E-state index >= 15 is 0 Å². The molecule has 0 saturated carbocycles. The zero-order valence-corrected chi connectivity index (χ0v) is 14.4. The van der Waals surface area contributed by atoms with Gasteiger partial charge in [-0.2, -0.15) is 0 Å². The van der Waals surface area contributed by atoms with Gasteiger partial charge in [0.2, 0.25) is 0 Å². The first-order valence-electron chi connectivity index (χ1n) is 6.76. The molecule has 0 aliphatic heterocycles. The summed E-state index contributed by atoms with van der Waals surface area (Å²) in [6.07, 6.45) is -1.22. The second kappa shape index (κ2) is 6.78. The molecule has 1 atom stereocenters. The van der Waals surface area contributed by atoms with Crippen molar-refractivity contribution in [1.82, 2.24) is 15.3 Å². The van der Waals surface area contributed by atoms with Crippen molar-refractivity contribution < 1.29 is 18.7 Å². The van der Waals surface area contributed by atoms with Crippen LogP contribution in [0.15, 0.2) is 34.2 Å². The van der Waals surface area contributed by atoms with E-state index in [2.05, 4.69) is 31.2 Å². The minimum atomic E-state index is -1.26. The lowest BCUT2D eigenvalue weighted by molar-refractivity contribution is 0.189. The quantitative estimate of drug-likeness (QED) is 0.668. The second-order valence-corrected chi connectivity index (χ2v) is 6.75. The number of thiazole rings is 1. The van der Waals surface area contributed by atoms with Gasteiger partial charge < -0.3 is 10.4 Å². The molecule has 9 heteroatoms. The molecule has 0 fully saturated rings. The van der Waals surface area contributed by atoms with E-state index in [0.717, 1.165) is 22.9 Å². The summed E-state index contributed by atoms with van der Waals surface area (Å²) in [5.74, 6) is -1.44. The van der Waals surface area contributed by atoms with Crippen molar-refractivity contribution in [2.24, 2.45) is 0 Å². The zero-order valence-electron chi connectivity index (χ0n) is 12.0. The van der Waals surface area contributed by atoms with Gasteiger partial charge in [-0.3, -0.25) is 0 Å². The molecular weight excluding hydrogens is 404 g/mol. The van der Waals surface area contributed by atoms with Crippen molar-refractivity contribution in [3.8, 4) is 0 Å². The summed E-state index contributed by atoms with van der Waals surface area (Å²) in [5, 5.41) is 11.4. The SMILES string of the molecule is O=C(O)NC(Cc1cc(F)cc(F)c1)c1nc2ncsc2cc1Br. The standard InChI is InChI=1S/C15H10BrF2N3O2S/c16-10-5-12-14(19-6-24-12)21-13(10)11(20-15(22)23)3-7-1-8(17)4-9(18)2-7/h1-2,4-6,11,20H,3H2,(H,22,23). The van der Waals surface area contributed by atoms with Crippen LogP contribution in [0, 0.1) is 11.6 Å². The summed E-state index contributed by atoms with van der Waals surface area (Å²) in [7, 11) is 0. The highest BCUT2D eigenvalue weighted by Gasteiger charge is 2.21. The highest BCUT2D eigenvalue weighted by molar-refractivity contribution is 9.10. The maximum Gasteiger partial charge on any atom is 0.405 e. The van der Waals surface area contributed by atoms with E-state index in [1.54, 1.807) is 11.6 Å². The Hall–Kier alpha value is -2.13. The number of nitrogens with one attached hydrogen (secondary N) is 1. The molecule has 124 valence electrons. The summed E-state index contributed by atoms with van der Waals surface area (Å²) < 4.78 is 28.2. The monoisotopic (exact) mass is 413 g/mol. The highest BCUT2D eigenvalue weighted by atomic mass is 79.9. The minimum Gasteiger partial charge on any atom is -0.465 e. The molecule has 1 amide bonds. The molecule has 24 heavy (non-hydrogen) atoms. The number of carboxylic acid groups (broad SMARTS) is 1. The van der Waals surface area contributed by atoms with Gasteiger partial charge in [0, 0.05) is 10.5 Å². The van der Waals surface area contributed by atoms with Crippen LogP contribution in [0.25, 0.3) is 10.3 Å². The van der Waals surface area contributed by atoms with Crippen molar-refractivity contribution >= 4 is 43.7 Å². The molecule has 1 aromatic carbocycles. The molecule has 3 aromatic rings. The van der Waals surface area contributed by atoms with E-state index in [0.29, 0.717) is 21.4 Å². The number of pyridine rings is 1. The van der Waals surface area contributed by atoms with Crippen LogP contribution in [0.5, 0.6) is 0 Å². The van der Waals surface area contributed by atoms with Gasteiger partial charge in [-0.05, 0) is 46.1 Å². The fraction of sp³-hybridized carbons (Fsp3) is 0.133. The minimum absolute atomic E-state index is 0.0439. The summed E-state index contributed by atoms with van der Waals surface area (Å²) in [6, 6.07) is 4.09. The number of benzene rings is 1. The first-order chi connectivity index (χ1) is 11.4. The van der Waals surface area contributed by atoms with Crippen molar-refractivity contribution in [2.75, 3.05) is 0 Å². The second-order valence-electron chi connectivity index (χ2n) is 5.01. The van der Waals surface area contributed by atoms with Crippen molar-refractivity contribution in [2.45, 2.75) is 12.5 Å². The average Bonchev–Trinajstić information content (AvgIpc) is 2.91. The lowest BCUT2D eigenvalue weighted by Crippen LogP contribution is -2.29. The topological polar surface area (TPSA) is 75.1 Å². The van der Waals surface area contributed by atoms with Crippen molar-refractivity contribution in [1.29, 1.82) is 0 Å². The number of halogens is 3. The molecule has 3 rings (SSSR count). The molecule has 2 heterocycles. The maximum absolute atomic E-state index is 13.4. The summed E-state index contributed by atoms with van der Waals surface area (Å²) in [6.45, 7) is 0. The largest absolute Gasteiger partial charge is 0.465 e. The summed E-state index contributed by atoms with van der Waals surface area (Å²) >= 11 is 4.77. The lowest BCUT2D eigenvalue weighted by Gasteiger charge is -2.18. The number of amides is 1. The fourth-order valence-electron chi connectivity index (χ4n) is 2.36. The number of aromatic nitrogens is 2. The number of hydrogen-bond acceptors (Lipinski definition) is 4. The van der Waals surface area contributed by atoms with Crippen LogP contribution in [-0.4, -0.2) is 21.2 Å². The van der Waals surface area contributed by atoms with Gasteiger partial charge >= 0.3 is 6.09 Å². The third-order valence-electron chi connectivity index (χ3n) is 3.29. The van der Waals surface area contributed by atoms with Gasteiger partial charge in [0.15, 0.2) is 5.65 Å². The lowest BCUT2D eigenvalue weighted by atomic mass is 10.0. The van der Waals surface area contributed by atoms with Crippen molar-refractivity contribution in [3.05, 3.63) is 57.1 Å². The molecule has 2 aromatic heterocycles. The smallest absolute Gasteiger partial charge is 0.405 e. The number of rotatable bonds is 4. The van der Waals surface area contributed by atoms with Crippen LogP contribution in [0.4, 0.5) is 13.6 Å². The van der Waals surface area contributed by atoms with E-state index in [9.17, 15) is 13.6 Å². The Morgan fingerprint density at radius 3 is 2.67 bits per heavy atom. The zero-order chi connectivity index (χ0) is 17.3. The Labute approximate surface area is 147 Å². The number of fused-ring (bicyclic) bond motifs is 1. The van der Waals surface area contributed by atoms with E-state index in [1.165, 1.54) is 11.3 Å². The van der Waals surface area contributed by atoms with Gasteiger partial charge in [0.1, 0.15) is 11.6 Å². The molecule has 2 N–H and O–H groups in total. The Kier molecular flexibility index (Phi) is 4.72. The maximum atomic E-state index is 13.4. The van der Waals surface area contributed by atoms with E-state index in [4.69, 9.17) is 5.11 Å². The van der Waals surface area contributed by atoms with Crippen LogP contribution < -0.4 is 5.32 Å². The Morgan fingerprint density at radius 2 is 2.00 bits per heavy atom. The molecule has 0 saturated heterocycles. The van der Waals surface area contributed by atoms with Crippen molar-refractivity contribution in [3.63, 3.8) is 0 Å². The number of hydrogen-bond donors (Lipinski definition) is 2. The van der Waals surface area contributed by atoms with Gasteiger partial charge in [-0.15, -0.1) is 11.3 Å². The Bertz CT molecular complexity index is 899. The van der Waals surface area contributed by atoms with Crippen LogP contribution >= 0.6 is 27.3 Å². The first-order valence-corrected chi connectivity index (χ1v) is 8.43. The molecule has 0 radical (unpaired) electrons. The predicted octanol–water partition coefficient (Wildman–Crippen LogP) is 4.28. The van der Waals surface area contributed by atoms with E-state index < -0.39 is 23.8 Å². The molecule has 1 unspecified atom stereocenters. The number of nitrogens with zero attached hydrogens (tertiary/aromatic N) is 2. The first kappa shape index (κ1) is 16.7. The molecule has 5 nitrogen and oxygen atoms in total. The molecule has 0 aliphatic rings. The molecular formula is C15H10BrF2N3O2S. The molecule has 0 aliphatic carbocycles. The Balaban J connectivity index is 2.01. The fourth-order valence-corrected chi connectivity index (χ4v) is 3.76. The van der Waals surface area contributed by atoms with Crippen LogP contribution in [0.1, 0.15) is 17.3 Å². The third kappa shape index (κ3) is 3.68. The normalized spacial score (nSPS) is 12.3.